The molecule has 2 aliphatic rings. The van der Waals surface area contributed by atoms with Crippen LogP contribution in [0.4, 0.5) is 0 Å². The monoisotopic (exact) mass is 444 g/mol. The Hall–Kier alpha value is -2.91. The van der Waals surface area contributed by atoms with Crippen molar-refractivity contribution in [1.29, 1.82) is 0 Å². The molecule has 0 radical (unpaired) electrons. The third-order valence-electron chi connectivity index (χ3n) is 5.65. The fraction of sp³-hybridized carbons (Fsp3) is 0.364. The fourth-order valence-corrected chi connectivity index (χ4v) is 4.42. The molecule has 1 saturated heterocycles. The number of sulfonamides is 1. The van der Waals surface area contributed by atoms with Crippen LogP contribution in [0.1, 0.15) is 28.8 Å². The number of carbonyl (C=O) groups excluding carboxylic acids is 2. The molecule has 0 bridgehead atoms. The summed E-state index contributed by atoms with van der Waals surface area (Å²) in [5.74, 6) is 1.12. The van der Waals surface area contributed by atoms with Gasteiger partial charge in [0.15, 0.2) is 17.3 Å². The average molecular weight is 445 g/mol. The minimum atomic E-state index is -3.75. The first-order valence-corrected chi connectivity index (χ1v) is 11.7. The van der Waals surface area contributed by atoms with Crippen molar-refractivity contribution in [2.75, 3.05) is 26.3 Å². The number of nitrogens with zero attached hydrogens (tertiary/aromatic N) is 1. The normalized spacial score (nSPS) is 16.7. The van der Waals surface area contributed by atoms with E-state index >= 15 is 0 Å². The number of fused-ring (bicyclic) bond motifs is 1. The highest BCUT2D eigenvalue weighted by Gasteiger charge is 2.28. The molecule has 1 fully saturated rings. The molecule has 0 aliphatic carbocycles. The standard InChI is InChI=1S/C22H24N2O6S/c23-31(27,28)18-4-1-15(2-5-18)13-21(25)24-9-7-16(8-10-24)22(26)17-3-6-19-20(14-17)30-12-11-29-19/h1-6,14,16H,7-13H2,(H2,23,27,28). The molecular formula is C22H24N2O6S. The number of likely N-dealkylation sites (tertiary alicyclic amines) is 1. The minimum absolute atomic E-state index is 0.0159. The molecule has 1 amide bonds. The van der Waals surface area contributed by atoms with Crippen LogP contribution < -0.4 is 14.6 Å². The van der Waals surface area contributed by atoms with Gasteiger partial charge in [-0.25, -0.2) is 13.6 Å². The average Bonchev–Trinajstić information content (AvgIpc) is 2.78. The predicted molar refractivity (Wildman–Crippen MR) is 113 cm³/mol. The van der Waals surface area contributed by atoms with Gasteiger partial charge in [-0.15, -0.1) is 0 Å². The molecule has 2 N–H and O–H groups in total. The van der Waals surface area contributed by atoms with Gasteiger partial charge in [0.1, 0.15) is 13.2 Å². The van der Waals surface area contributed by atoms with Crippen LogP contribution in [-0.2, 0) is 21.2 Å². The number of carbonyl (C=O) groups is 2. The number of Topliss-reactive ketones (excluding diaryl/α,β-unsaturated/α-hetero) is 1. The Kier molecular flexibility index (Phi) is 5.97. The molecule has 2 aliphatic heterocycles. The molecule has 0 unspecified atom stereocenters. The number of primary sulfonamides is 1. The van der Waals surface area contributed by atoms with Gasteiger partial charge in [0.25, 0.3) is 0 Å². The third kappa shape index (κ3) is 4.88. The van der Waals surface area contributed by atoms with Crippen molar-refractivity contribution in [2.45, 2.75) is 24.2 Å². The Balaban J connectivity index is 1.33. The van der Waals surface area contributed by atoms with Crippen LogP contribution in [0.3, 0.4) is 0 Å². The van der Waals surface area contributed by atoms with Crippen LogP contribution in [0.2, 0.25) is 0 Å². The number of nitrogens with two attached hydrogens (primary N) is 1. The van der Waals surface area contributed by atoms with Crippen LogP contribution >= 0.6 is 0 Å². The lowest BCUT2D eigenvalue weighted by Crippen LogP contribution is -2.41. The van der Waals surface area contributed by atoms with Gasteiger partial charge >= 0.3 is 0 Å². The molecule has 2 aromatic carbocycles. The first-order chi connectivity index (χ1) is 14.8. The second-order valence-corrected chi connectivity index (χ2v) is 9.30. The number of benzene rings is 2. The predicted octanol–water partition coefficient (Wildman–Crippen LogP) is 1.77. The topological polar surface area (TPSA) is 116 Å². The number of ether oxygens (including phenoxy) is 2. The summed E-state index contributed by atoms with van der Waals surface area (Å²) in [5, 5.41) is 5.09. The largest absolute Gasteiger partial charge is 0.486 e. The van der Waals surface area contributed by atoms with E-state index in [2.05, 4.69) is 0 Å². The molecule has 4 rings (SSSR count). The SMILES string of the molecule is NS(=O)(=O)c1ccc(CC(=O)N2CCC(C(=O)c3ccc4c(c3)OCCO4)CC2)cc1. The van der Waals surface area contributed by atoms with E-state index in [9.17, 15) is 18.0 Å². The van der Waals surface area contributed by atoms with Crippen LogP contribution in [0.15, 0.2) is 47.4 Å². The van der Waals surface area contributed by atoms with Crippen molar-refractivity contribution in [1.82, 2.24) is 4.90 Å². The number of hydrogen-bond acceptors (Lipinski definition) is 6. The second-order valence-electron chi connectivity index (χ2n) is 7.74. The van der Waals surface area contributed by atoms with Crippen molar-refractivity contribution in [3.05, 3.63) is 53.6 Å². The van der Waals surface area contributed by atoms with E-state index in [1.165, 1.54) is 12.1 Å². The van der Waals surface area contributed by atoms with E-state index in [1.807, 2.05) is 0 Å². The van der Waals surface area contributed by atoms with Gasteiger partial charge in [-0.2, -0.15) is 0 Å². The van der Waals surface area contributed by atoms with Gasteiger partial charge < -0.3 is 14.4 Å². The molecule has 0 atom stereocenters. The van der Waals surface area contributed by atoms with E-state index in [1.54, 1.807) is 35.2 Å². The van der Waals surface area contributed by atoms with E-state index in [0.717, 1.165) is 0 Å². The lowest BCUT2D eigenvalue weighted by molar-refractivity contribution is -0.131. The molecule has 2 aromatic rings. The first kappa shape index (κ1) is 21.3. The molecule has 0 aromatic heterocycles. The lowest BCUT2D eigenvalue weighted by atomic mass is 9.88. The Labute approximate surface area is 181 Å². The number of rotatable bonds is 5. The zero-order valence-electron chi connectivity index (χ0n) is 17.0. The highest BCUT2D eigenvalue weighted by Crippen LogP contribution is 2.32. The summed E-state index contributed by atoms with van der Waals surface area (Å²) in [7, 11) is -3.75. The van der Waals surface area contributed by atoms with Gasteiger partial charge in [-0.1, -0.05) is 12.1 Å². The Morgan fingerprint density at radius 2 is 1.61 bits per heavy atom. The Bertz CT molecular complexity index is 1090. The number of amides is 1. The minimum Gasteiger partial charge on any atom is -0.486 e. The van der Waals surface area contributed by atoms with E-state index in [0.29, 0.717) is 61.8 Å². The van der Waals surface area contributed by atoms with Gasteiger partial charge in [-0.05, 0) is 48.7 Å². The molecule has 2 heterocycles. The summed E-state index contributed by atoms with van der Waals surface area (Å²) >= 11 is 0. The highest BCUT2D eigenvalue weighted by molar-refractivity contribution is 7.89. The van der Waals surface area contributed by atoms with Crippen molar-refractivity contribution < 1.29 is 27.5 Å². The number of ketones is 1. The maximum absolute atomic E-state index is 12.9. The lowest BCUT2D eigenvalue weighted by Gasteiger charge is -2.31. The van der Waals surface area contributed by atoms with Crippen LogP contribution in [0.5, 0.6) is 11.5 Å². The fourth-order valence-electron chi connectivity index (χ4n) is 3.91. The van der Waals surface area contributed by atoms with Crippen LogP contribution in [0.25, 0.3) is 0 Å². The van der Waals surface area contributed by atoms with Gasteiger partial charge in [0, 0.05) is 24.6 Å². The molecule has 8 nitrogen and oxygen atoms in total. The molecule has 164 valence electrons. The maximum atomic E-state index is 12.9. The quantitative estimate of drug-likeness (QED) is 0.703. The van der Waals surface area contributed by atoms with Gasteiger partial charge in [-0.3, -0.25) is 9.59 Å². The summed E-state index contributed by atoms with van der Waals surface area (Å²) in [6.07, 6.45) is 1.37. The molecule has 0 saturated carbocycles. The van der Waals surface area contributed by atoms with Crippen molar-refractivity contribution in [3.8, 4) is 11.5 Å². The zero-order chi connectivity index (χ0) is 22.0. The Morgan fingerprint density at radius 3 is 2.26 bits per heavy atom. The van der Waals surface area contributed by atoms with Crippen molar-refractivity contribution >= 4 is 21.7 Å². The third-order valence-corrected chi connectivity index (χ3v) is 6.58. The highest BCUT2D eigenvalue weighted by atomic mass is 32.2. The van der Waals surface area contributed by atoms with E-state index in [4.69, 9.17) is 14.6 Å². The summed E-state index contributed by atoms with van der Waals surface area (Å²) < 4.78 is 33.7. The van der Waals surface area contributed by atoms with Crippen LogP contribution in [-0.4, -0.2) is 51.3 Å². The van der Waals surface area contributed by atoms with Crippen molar-refractivity contribution in [2.24, 2.45) is 11.1 Å². The molecular weight excluding hydrogens is 420 g/mol. The summed E-state index contributed by atoms with van der Waals surface area (Å²) in [5.41, 5.74) is 1.32. The van der Waals surface area contributed by atoms with Gasteiger partial charge in [0.05, 0.1) is 11.3 Å². The maximum Gasteiger partial charge on any atom is 0.238 e. The van der Waals surface area contributed by atoms with E-state index < -0.39 is 10.0 Å². The smallest absolute Gasteiger partial charge is 0.238 e. The van der Waals surface area contributed by atoms with E-state index in [-0.39, 0.29) is 28.9 Å². The second kappa shape index (κ2) is 8.68. The molecule has 0 spiro atoms. The first-order valence-electron chi connectivity index (χ1n) is 10.1. The number of hydrogen-bond donors (Lipinski definition) is 1. The van der Waals surface area contributed by atoms with Crippen molar-refractivity contribution in [3.63, 3.8) is 0 Å². The summed E-state index contributed by atoms with van der Waals surface area (Å²) in [6, 6.07) is 11.2. The van der Waals surface area contributed by atoms with Gasteiger partial charge in [0.2, 0.25) is 15.9 Å². The Morgan fingerprint density at radius 1 is 0.968 bits per heavy atom. The summed E-state index contributed by atoms with van der Waals surface area (Å²) in [4.78, 5) is 27.3. The molecule has 9 heteroatoms. The summed E-state index contributed by atoms with van der Waals surface area (Å²) in [6.45, 7) is 1.99. The number of piperidine rings is 1. The van der Waals surface area contributed by atoms with Crippen LogP contribution in [0, 0.1) is 5.92 Å². The molecule has 31 heavy (non-hydrogen) atoms. The zero-order valence-corrected chi connectivity index (χ0v) is 17.8.